The molecule has 8 heteroatoms. The minimum atomic E-state index is -2.93. The lowest BCUT2D eigenvalue weighted by atomic mass is 10.1. The lowest BCUT2D eigenvalue weighted by molar-refractivity contribution is -0.0512. The number of hydrogen-bond acceptors (Lipinski definition) is 5. The van der Waals surface area contributed by atoms with Crippen LogP contribution in [0.1, 0.15) is 34.9 Å². The van der Waals surface area contributed by atoms with Crippen LogP contribution in [0.4, 0.5) is 8.78 Å². The second-order valence-electron chi connectivity index (χ2n) is 6.09. The van der Waals surface area contributed by atoms with Crippen LogP contribution >= 0.6 is 11.3 Å². The third-order valence-corrected chi connectivity index (χ3v) is 4.38. The molecule has 0 aliphatic heterocycles. The van der Waals surface area contributed by atoms with E-state index in [0.717, 1.165) is 17.0 Å². The largest absolute Gasteiger partial charge is 0.493 e. The van der Waals surface area contributed by atoms with Gasteiger partial charge in [0, 0.05) is 18.3 Å². The number of carbonyl (C=O) groups is 1. The highest BCUT2D eigenvalue weighted by Gasteiger charge is 2.13. The molecule has 142 valence electrons. The molecule has 0 bridgehead atoms. The summed E-state index contributed by atoms with van der Waals surface area (Å²) < 4.78 is 34.4. The van der Waals surface area contributed by atoms with E-state index in [1.54, 1.807) is 17.5 Å². The highest BCUT2D eigenvalue weighted by Crippen LogP contribution is 2.29. The van der Waals surface area contributed by atoms with E-state index in [9.17, 15) is 13.6 Å². The molecule has 1 N–H and O–H groups in total. The Bertz CT molecular complexity index is 735. The van der Waals surface area contributed by atoms with Crippen LogP contribution in [0.2, 0.25) is 0 Å². The number of amides is 1. The normalized spacial score (nSPS) is 11.0. The van der Waals surface area contributed by atoms with Gasteiger partial charge in [0.2, 0.25) is 0 Å². The fraction of sp³-hybridized carbons (Fsp3) is 0.444. The first kappa shape index (κ1) is 20.1. The molecule has 0 radical (unpaired) electrons. The molecule has 0 atom stereocenters. The third kappa shape index (κ3) is 5.94. The zero-order valence-electron chi connectivity index (χ0n) is 14.9. The molecule has 0 saturated carbocycles. The van der Waals surface area contributed by atoms with Gasteiger partial charge in [0.1, 0.15) is 5.69 Å². The van der Waals surface area contributed by atoms with E-state index in [-0.39, 0.29) is 17.4 Å². The minimum absolute atomic E-state index is 0.0239. The molecule has 0 aliphatic rings. The molecule has 0 saturated heterocycles. The quantitative estimate of drug-likeness (QED) is 0.712. The maximum Gasteiger partial charge on any atom is 0.387 e. The lowest BCUT2D eigenvalue weighted by Crippen LogP contribution is -2.26. The SMILES string of the molecule is COc1ccc(CCNC(=O)c2csc(CC(C)C)n2)cc1OC(F)F. The molecule has 2 rings (SSSR count). The first-order chi connectivity index (χ1) is 12.4. The van der Waals surface area contributed by atoms with Crippen molar-refractivity contribution in [3.8, 4) is 11.5 Å². The van der Waals surface area contributed by atoms with Gasteiger partial charge >= 0.3 is 6.61 Å². The van der Waals surface area contributed by atoms with E-state index in [2.05, 4.69) is 28.9 Å². The Morgan fingerprint density at radius 1 is 1.31 bits per heavy atom. The number of halogens is 2. The van der Waals surface area contributed by atoms with Crippen LogP contribution in [0.15, 0.2) is 23.6 Å². The fourth-order valence-electron chi connectivity index (χ4n) is 2.33. The van der Waals surface area contributed by atoms with Crippen molar-refractivity contribution in [3.63, 3.8) is 0 Å². The summed E-state index contributed by atoms with van der Waals surface area (Å²) in [5.41, 5.74) is 1.16. The van der Waals surface area contributed by atoms with Gasteiger partial charge in [-0.3, -0.25) is 4.79 Å². The third-order valence-electron chi connectivity index (χ3n) is 3.51. The maximum absolute atomic E-state index is 12.5. The fourth-order valence-corrected chi connectivity index (χ4v) is 3.32. The number of hydrogen-bond donors (Lipinski definition) is 1. The molecule has 1 aromatic carbocycles. The summed E-state index contributed by atoms with van der Waals surface area (Å²) in [6.45, 7) is 1.63. The Labute approximate surface area is 155 Å². The Hall–Kier alpha value is -2.22. The highest BCUT2D eigenvalue weighted by molar-refractivity contribution is 7.09. The van der Waals surface area contributed by atoms with Gasteiger partial charge in [-0.1, -0.05) is 19.9 Å². The van der Waals surface area contributed by atoms with E-state index < -0.39 is 6.61 Å². The Morgan fingerprint density at radius 2 is 2.08 bits per heavy atom. The van der Waals surface area contributed by atoms with Crippen molar-refractivity contribution in [2.75, 3.05) is 13.7 Å². The Morgan fingerprint density at radius 3 is 2.73 bits per heavy atom. The van der Waals surface area contributed by atoms with Crippen molar-refractivity contribution >= 4 is 17.2 Å². The zero-order valence-corrected chi connectivity index (χ0v) is 15.7. The van der Waals surface area contributed by atoms with E-state index in [4.69, 9.17) is 4.74 Å². The van der Waals surface area contributed by atoms with Gasteiger partial charge in [-0.05, 0) is 30.0 Å². The van der Waals surface area contributed by atoms with Crippen LogP contribution in [-0.2, 0) is 12.8 Å². The Kier molecular flexibility index (Phi) is 7.32. The Balaban J connectivity index is 1.90. The summed E-state index contributed by atoms with van der Waals surface area (Å²) in [6.07, 6.45) is 1.31. The molecule has 0 spiro atoms. The van der Waals surface area contributed by atoms with Gasteiger partial charge in [0.05, 0.1) is 12.1 Å². The second-order valence-corrected chi connectivity index (χ2v) is 7.04. The molecule has 1 amide bonds. The summed E-state index contributed by atoms with van der Waals surface area (Å²) in [4.78, 5) is 16.5. The molecule has 5 nitrogen and oxygen atoms in total. The number of carbonyl (C=O) groups excluding carboxylic acids is 1. The van der Waals surface area contributed by atoms with Gasteiger partial charge in [-0.25, -0.2) is 4.98 Å². The van der Waals surface area contributed by atoms with E-state index in [1.165, 1.54) is 24.5 Å². The van der Waals surface area contributed by atoms with Crippen LogP contribution < -0.4 is 14.8 Å². The molecule has 1 aromatic heterocycles. The van der Waals surface area contributed by atoms with Crippen molar-refractivity contribution in [3.05, 3.63) is 39.8 Å². The predicted octanol–water partition coefficient (Wildman–Crippen LogP) is 3.92. The van der Waals surface area contributed by atoms with Crippen LogP contribution in [-0.4, -0.2) is 31.2 Å². The van der Waals surface area contributed by atoms with E-state index in [1.807, 2.05) is 0 Å². The monoisotopic (exact) mass is 384 g/mol. The molecule has 0 unspecified atom stereocenters. The number of alkyl halides is 2. The number of aromatic nitrogens is 1. The van der Waals surface area contributed by atoms with Crippen molar-refractivity contribution in [2.24, 2.45) is 5.92 Å². The molecule has 1 heterocycles. The van der Waals surface area contributed by atoms with Gasteiger partial charge in [-0.2, -0.15) is 8.78 Å². The summed E-state index contributed by atoms with van der Waals surface area (Å²) in [7, 11) is 1.38. The average molecular weight is 384 g/mol. The van der Waals surface area contributed by atoms with Crippen molar-refractivity contribution < 1.29 is 23.0 Å². The number of rotatable bonds is 9. The predicted molar refractivity (Wildman–Crippen MR) is 96.3 cm³/mol. The van der Waals surface area contributed by atoms with Crippen LogP contribution in [0.25, 0.3) is 0 Å². The van der Waals surface area contributed by atoms with Crippen LogP contribution in [0.3, 0.4) is 0 Å². The zero-order chi connectivity index (χ0) is 19.1. The smallest absolute Gasteiger partial charge is 0.387 e. The number of benzene rings is 1. The first-order valence-electron chi connectivity index (χ1n) is 8.23. The number of nitrogens with zero attached hydrogens (tertiary/aromatic N) is 1. The summed E-state index contributed by atoms with van der Waals surface area (Å²) >= 11 is 1.47. The van der Waals surface area contributed by atoms with Crippen molar-refractivity contribution in [2.45, 2.75) is 33.3 Å². The van der Waals surface area contributed by atoms with Crippen LogP contribution in [0.5, 0.6) is 11.5 Å². The molecule has 2 aromatic rings. The number of nitrogens with one attached hydrogen (secondary N) is 1. The average Bonchev–Trinajstić information content (AvgIpc) is 3.02. The summed E-state index contributed by atoms with van der Waals surface area (Å²) in [6, 6.07) is 4.79. The number of methoxy groups -OCH3 is 1. The van der Waals surface area contributed by atoms with E-state index in [0.29, 0.717) is 24.6 Å². The topological polar surface area (TPSA) is 60.5 Å². The van der Waals surface area contributed by atoms with Gasteiger partial charge < -0.3 is 14.8 Å². The lowest BCUT2D eigenvalue weighted by Gasteiger charge is -2.11. The van der Waals surface area contributed by atoms with E-state index >= 15 is 0 Å². The maximum atomic E-state index is 12.5. The van der Waals surface area contributed by atoms with Crippen LogP contribution in [0, 0.1) is 5.92 Å². The summed E-state index contributed by atoms with van der Waals surface area (Å²) in [5, 5.41) is 5.47. The van der Waals surface area contributed by atoms with Gasteiger partial charge in [0.25, 0.3) is 5.91 Å². The molecule has 0 aliphatic carbocycles. The molecule has 26 heavy (non-hydrogen) atoms. The number of ether oxygens (including phenoxy) is 2. The molecule has 0 fully saturated rings. The standard InChI is InChI=1S/C18H22F2N2O3S/c1-11(2)8-16-22-13(10-26-16)17(23)21-7-6-12-4-5-14(24-3)15(9-12)25-18(19)20/h4-5,9-11,18H,6-8H2,1-3H3,(H,21,23). The second kappa shape index (κ2) is 9.47. The highest BCUT2D eigenvalue weighted by atomic mass is 32.1. The number of thiazole rings is 1. The van der Waals surface area contributed by atoms with Crippen molar-refractivity contribution in [1.29, 1.82) is 0 Å². The first-order valence-corrected chi connectivity index (χ1v) is 9.11. The molecular formula is C18H22F2N2O3S. The van der Waals surface area contributed by atoms with Gasteiger partial charge in [0.15, 0.2) is 11.5 Å². The molecular weight excluding hydrogens is 362 g/mol. The summed E-state index contributed by atoms with van der Waals surface area (Å²) in [5.74, 6) is 0.452. The van der Waals surface area contributed by atoms with Crippen molar-refractivity contribution in [1.82, 2.24) is 10.3 Å². The minimum Gasteiger partial charge on any atom is -0.493 e. The van der Waals surface area contributed by atoms with Gasteiger partial charge in [-0.15, -0.1) is 11.3 Å².